The summed E-state index contributed by atoms with van der Waals surface area (Å²) in [5.41, 5.74) is 1.19. The van der Waals surface area contributed by atoms with Crippen LogP contribution in [0.3, 0.4) is 0 Å². The molecule has 0 aromatic heterocycles. The van der Waals surface area contributed by atoms with Crippen LogP contribution in [-0.2, 0) is 9.59 Å². The van der Waals surface area contributed by atoms with E-state index in [2.05, 4.69) is 10.6 Å². The summed E-state index contributed by atoms with van der Waals surface area (Å²) >= 11 is 13.6. The molecule has 0 spiro atoms. The fourth-order valence-corrected chi connectivity index (χ4v) is 3.26. The zero-order valence-corrected chi connectivity index (χ0v) is 15.3. The molecule has 0 saturated carbocycles. The second-order valence-corrected chi connectivity index (χ2v) is 6.93. The monoisotopic (exact) mass is 382 g/mol. The van der Waals surface area contributed by atoms with Gasteiger partial charge in [0.2, 0.25) is 11.8 Å². The Morgan fingerprint density at radius 3 is 2.21 bits per heavy atom. The van der Waals surface area contributed by atoms with E-state index in [1.165, 1.54) is 6.92 Å². The zero-order chi connectivity index (χ0) is 17.5. The van der Waals surface area contributed by atoms with Crippen molar-refractivity contribution in [2.75, 3.05) is 16.4 Å². The number of anilines is 2. The maximum Gasteiger partial charge on any atom is 0.225 e. The summed E-state index contributed by atoms with van der Waals surface area (Å²) in [4.78, 5) is 24.0. The molecule has 0 heterocycles. The van der Waals surface area contributed by atoms with Gasteiger partial charge in [0.25, 0.3) is 0 Å². The molecule has 0 saturated heterocycles. The van der Waals surface area contributed by atoms with Gasteiger partial charge in [0, 0.05) is 29.7 Å². The Hall–Kier alpha value is -1.69. The van der Waals surface area contributed by atoms with Crippen LogP contribution in [0.25, 0.3) is 0 Å². The number of benzene rings is 2. The van der Waals surface area contributed by atoms with E-state index < -0.39 is 0 Å². The van der Waals surface area contributed by atoms with Crippen LogP contribution in [0, 0.1) is 0 Å². The molecule has 2 aromatic rings. The summed E-state index contributed by atoms with van der Waals surface area (Å²) in [6.07, 6.45) is 0.333. The summed E-state index contributed by atoms with van der Waals surface area (Å²) in [6.45, 7) is 1.46. The number of rotatable bonds is 6. The maximum absolute atomic E-state index is 12.0. The van der Waals surface area contributed by atoms with Gasteiger partial charge in [0.15, 0.2) is 0 Å². The van der Waals surface area contributed by atoms with E-state index in [1.807, 2.05) is 24.3 Å². The van der Waals surface area contributed by atoms with E-state index in [1.54, 1.807) is 30.0 Å². The molecule has 0 radical (unpaired) electrons. The normalized spacial score (nSPS) is 10.3. The fourth-order valence-electron chi connectivity index (χ4n) is 1.92. The van der Waals surface area contributed by atoms with Crippen molar-refractivity contribution in [1.82, 2.24) is 0 Å². The largest absolute Gasteiger partial charge is 0.326 e. The lowest BCUT2D eigenvalue weighted by atomic mass is 10.3. The number of carbonyl (C=O) groups excluding carboxylic acids is 2. The van der Waals surface area contributed by atoms with Crippen LogP contribution < -0.4 is 10.6 Å². The van der Waals surface area contributed by atoms with Gasteiger partial charge in [-0.1, -0.05) is 29.3 Å². The Labute approximate surface area is 154 Å². The SMILES string of the molecule is CC(=O)Nc1ccc(SCCC(=O)Nc2c(Cl)cccc2Cl)cc1. The summed E-state index contributed by atoms with van der Waals surface area (Å²) in [5, 5.41) is 6.27. The number of nitrogens with one attached hydrogen (secondary N) is 2. The lowest BCUT2D eigenvalue weighted by Crippen LogP contribution is -2.12. The van der Waals surface area contributed by atoms with Crippen molar-refractivity contribution >= 4 is 58.2 Å². The predicted molar refractivity (Wildman–Crippen MR) is 101 cm³/mol. The second kappa shape index (κ2) is 8.97. The number of carbonyl (C=O) groups is 2. The third-order valence-electron chi connectivity index (χ3n) is 3.00. The highest BCUT2D eigenvalue weighted by Gasteiger charge is 2.09. The van der Waals surface area contributed by atoms with Gasteiger partial charge in [-0.3, -0.25) is 9.59 Å². The Morgan fingerprint density at radius 1 is 1.00 bits per heavy atom. The first kappa shape index (κ1) is 18.6. The summed E-state index contributed by atoms with van der Waals surface area (Å²) < 4.78 is 0. The molecule has 24 heavy (non-hydrogen) atoms. The Balaban J connectivity index is 1.81. The highest BCUT2D eigenvalue weighted by molar-refractivity contribution is 7.99. The van der Waals surface area contributed by atoms with Gasteiger partial charge in [-0.2, -0.15) is 0 Å². The van der Waals surface area contributed by atoms with E-state index in [4.69, 9.17) is 23.2 Å². The Morgan fingerprint density at radius 2 is 1.62 bits per heavy atom. The van der Waals surface area contributed by atoms with Gasteiger partial charge in [0.05, 0.1) is 15.7 Å². The lowest BCUT2D eigenvalue weighted by molar-refractivity contribution is -0.116. The zero-order valence-electron chi connectivity index (χ0n) is 12.9. The molecular weight excluding hydrogens is 367 g/mol. The number of thioether (sulfide) groups is 1. The summed E-state index contributed by atoms with van der Waals surface area (Å²) in [6, 6.07) is 12.5. The van der Waals surface area contributed by atoms with Crippen LogP contribution in [0.1, 0.15) is 13.3 Å². The first-order valence-electron chi connectivity index (χ1n) is 7.20. The number of hydrogen-bond donors (Lipinski definition) is 2. The van der Waals surface area contributed by atoms with E-state index in [0.717, 1.165) is 10.6 Å². The Kier molecular flexibility index (Phi) is 6.97. The molecule has 0 fully saturated rings. The van der Waals surface area contributed by atoms with Gasteiger partial charge in [-0.05, 0) is 36.4 Å². The molecule has 2 rings (SSSR count). The van der Waals surface area contributed by atoms with Gasteiger partial charge in [0.1, 0.15) is 0 Å². The third kappa shape index (κ3) is 5.74. The van der Waals surface area contributed by atoms with Crippen LogP contribution in [0.4, 0.5) is 11.4 Å². The minimum atomic E-state index is -0.146. The van der Waals surface area contributed by atoms with Gasteiger partial charge in [-0.15, -0.1) is 11.8 Å². The van der Waals surface area contributed by atoms with Crippen LogP contribution in [-0.4, -0.2) is 17.6 Å². The van der Waals surface area contributed by atoms with Gasteiger partial charge >= 0.3 is 0 Å². The van der Waals surface area contributed by atoms with Crippen molar-refractivity contribution in [3.05, 3.63) is 52.5 Å². The number of para-hydroxylation sites is 1. The van der Waals surface area contributed by atoms with Crippen LogP contribution >= 0.6 is 35.0 Å². The number of halogens is 2. The maximum atomic E-state index is 12.0. The molecule has 0 aliphatic rings. The van der Waals surface area contributed by atoms with E-state index in [9.17, 15) is 9.59 Å². The first-order valence-corrected chi connectivity index (χ1v) is 8.94. The van der Waals surface area contributed by atoms with E-state index >= 15 is 0 Å². The third-order valence-corrected chi connectivity index (χ3v) is 4.64. The highest BCUT2D eigenvalue weighted by atomic mass is 35.5. The molecule has 0 aliphatic heterocycles. The van der Waals surface area contributed by atoms with E-state index in [0.29, 0.717) is 27.9 Å². The molecule has 0 atom stereocenters. The Bertz CT molecular complexity index is 716. The average Bonchev–Trinajstić information content (AvgIpc) is 2.52. The van der Waals surface area contributed by atoms with Crippen molar-refractivity contribution < 1.29 is 9.59 Å². The topological polar surface area (TPSA) is 58.2 Å². The molecule has 2 amide bonds. The first-order chi connectivity index (χ1) is 11.5. The standard InChI is InChI=1S/C17H16Cl2N2O2S/c1-11(22)20-12-5-7-13(8-6-12)24-10-9-16(23)21-17-14(18)3-2-4-15(17)19/h2-8H,9-10H2,1H3,(H,20,22)(H,21,23). The molecule has 4 nitrogen and oxygen atoms in total. The van der Waals surface area contributed by atoms with Crippen LogP contribution in [0.2, 0.25) is 10.0 Å². The average molecular weight is 383 g/mol. The van der Waals surface area contributed by atoms with E-state index in [-0.39, 0.29) is 11.8 Å². The summed E-state index contributed by atoms with van der Waals surface area (Å²) in [7, 11) is 0. The molecule has 0 bridgehead atoms. The predicted octanol–water partition coefficient (Wildman–Crippen LogP) is 5.07. The van der Waals surface area contributed by atoms with Crippen molar-refractivity contribution in [3.8, 4) is 0 Å². The van der Waals surface area contributed by atoms with Gasteiger partial charge < -0.3 is 10.6 Å². The fraction of sp³-hybridized carbons (Fsp3) is 0.176. The molecule has 7 heteroatoms. The molecular formula is C17H16Cl2N2O2S. The number of hydrogen-bond acceptors (Lipinski definition) is 3. The molecule has 0 unspecified atom stereocenters. The molecule has 126 valence electrons. The van der Waals surface area contributed by atoms with Crippen molar-refractivity contribution in [1.29, 1.82) is 0 Å². The van der Waals surface area contributed by atoms with Crippen LogP contribution in [0.5, 0.6) is 0 Å². The molecule has 0 aliphatic carbocycles. The van der Waals surface area contributed by atoms with Crippen LogP contribution in [0.15, 0.2) is 47.4 Å². The minimum Gasteiger partial charge on any atom is -0.326 e. The highest BCUT2D eigenvalue weighted by Crippen LogP contribution is 2.30. The molecule has 2 aromatic carbocycles. The van der Waals surface area contributed by atoms with Gasteiger partial charge in [-0.25, -0.2) is 0 Å². The summed E-state index contributed by atoms with van der Waals surface area (Å²) in [5.74, 6) is 0.366. The second-order valence-electron chi connectivity index (χ2n) is 4.95. The molecule has 2 N–H and O–H groups in total. The smallest absolute Gasteiger partial charge is 0.225 e. The number of amides is 2. The minimum absolute atomic E-state index is 0.106. The van der Waals surface area contributed by atoms with Crippen molar-refractivity contribution in [2.45, 2.75) is 18.2 Å². The van der Waals surface area contributed by atoms with Crippen molar-refractivity contribution in [3.63, 3.8) is 0 Å². The quantitative estimate of drug-likeness (QED) is 0.685. The van der Waals surface area contributed by atoms with Crippen molar-refractivity contribution in [2.24, 2.45) is 0 Å². The lowest BCUT2D eigenvalue weighted by Gasteiger charge is -2.09.